The maximum absolute atomic E-state index is 12.3. The van der Waals surface area contributed by atoms with Gasteiger partial charge in [0, 0.05) is 30.4 Å². The fraction of sp³-hybridized carbons (Fsp3) is 0.0500. The first-order chi connectivity index (χ1) is 12.6. The second-order valence-corrected chi connectivity index (χ2v) is 5.98. The topological polar surface area (TPSA) is 68.9 Å². The minimum Gasteiger partial charge on any atom is -0.322 e. The first kappa shape index (κ1) is 15.8. The summed E-state index contributed by atoms with van der Waals surface area (Å²) in [5.74, 6) is -0.266. The Balaban J connectivity index is 1.57. The maximum atomic E-state index is 12.3. The van der Waals surface area contributed by atoms with Crippen molar-refractivity contribution in [1.29, 1.82) is 0 Å². The standard InChI is InChI=1S/C20H16N4O2/c1-23-13-15(6-11-19(23)25)20(26)22-16-7-9-17(10-8-16)24-18-5-3-2-4-14(18)12-21-24/h2-13H,1H3,(H,22,26). The zero-order valence-electron chi connectivity index (χ0n) is 14.1. The van der Waals surface area contributed by atoms with Crippen LogP contribution in [0.4, 0.5) is 5.69 Å². The van der Waals surface area contributed by atoms with Gasteiger partial charge in [-0.05, 0) is 36.4 Å². The van der Waals surface area contributed by atoms with E-state index in [9.17, 15) is 9.59 Å². The van der Waals surface area contributed by atoms with E-state index in [-0.39, 0.29) is 11.5 Å². The van der Waals surface area contributed by atoms with Crippen LogP contribution < -0.4 is 10.9 Å². The van der Waals surface area contributed by atoms with Gasteiger partial charge in [0.2, 0.25) is 5.56 Å². The predicted molar refractivity (Wildman–Crippen MR) is 101 cm³/mol. The number of amides is 1. The van der Waals surface area contributed by atoms with Crippen molar-refractivity contribution < 1.29 is 4.79 Å². The normalized spacial score (nSPS) is 10.8. The summed E-state index contributed by atoms with van der Waals surface area (Å²) in [5.41, 5.74) is 2.87. The summed E-state index contributed by atoms with van der Waals surface area (Å²) in [7, 11) is 1.61. The molecule has 0 bridgehead atoms. The van der Waals surface area contributed by atoms with Crippen molar-refractivity contribution in [1.82, 2.24) is 14.3 Å². The zero-order valence-corrected chi connectivity index (χ0v) is 14.1. The molecule has 0 aliphatic carbocycles. The highest BCUT2D eigenvalue weighted by Gasteiger charge is 2.08. The fourth-order valence-corrected chi connectivity index (χ4v) is 2.79. The lowest BCUT2D eigenvalue weighted by Gasteiger charge is -2.08. The lowest BCUT2D eigenvalue weighted by atomic mass is 10.2. The molecule has 0 radical (unpaired) electrons. The smallest absolute Gasteiger partial charge is 0.257 e. The molecule has 26 heavy (non-hydrogen) atoms. The van der Waals surface area contributed by atoms with Crippen molar-refractivity contribution in [2.45, 2.75) is 0 Å². The number of fused-ring (bicyclic) bond motifs is 1. The van der Waals surface area contributed by atoms with Gasteiger partial charge in [0.15, 0.2) is 0 Å². The number of nitrogens with one attached hydrogen (secondary N) is 1. The van der Waals surface area contributed by atoms with Gasteiger partial charge in [0.05, 0.1) is 23.0 Å². The highest BCUT2D eigenvalue weighted by Crippen LogP contribution is 2.19. The quantitative estimate of drug-likeness (QED) is 0.621. The molecule has 1 amide bonds. The van der Waals surface area contributed by atoms with Gasteiger partial charge < -0.3 is 9.88 Å². The Bertz CT molecular complexity index is 1160. The minimum absolute atomic E-state index is 0.155. The first-order valence-corrected chi connectivity index (χ1v) is 8.13. The monoisotopic (exact) mass is 344 g/mol. The molecule has 0 aliphatic rings. The van der Waals surface area contributed by atoms with E-state index in [1.807, 2.05) is 59.4 Å². The number of pyridine rings is 1. The Morgan fingerprint density at radius 2 is 1.77 bits per heavy atom. The minimum atomic E-state index is -0.266. The van der Waals surface area contributed by atoms with Gasteiger partial charge in [-0.25, -0.2) is 4.68 Å². The van der Waals surface area contributed by atoms with Crippen LogP contribution in [0.15, 0.2) is 77.9 Å². The number of aryl methyl sites for hydroxylation is 1. The third-order valence-electron chi connectivity index (χ3n) is 4.19. The number of rotatable bonds is 3. The SMILES string of the molecule is Cn1cc(C(=O)Nc2ccc(-n3ncc4ccccc43)cc2)ccc1=O. The van der Waals surface area contributed by atoms with Crippen LogP contribution in [0.1, 0.15) is 10.4 Å². The molecule has 4 aromatic rings. The van der Waals surface area contributed by atoms with Crippen molar-refractivity contribution in [3.8, 4) is 5.69 Å². The molecule has 0 unspecified atom stereocenters. The second kappa shape index (κ2) is 6.33. The van der Waals surface area contributed by atoms with E-state index in [4.69, 9.17) is 0 Å². The molecule has 6 nitrogen and oxygen atoms in total. The van der Waals surface area contributed by atoms with Crippen molar-refractivity contribution in [3.05, 3.63) is 89.0 Å². The molecule has 0 saturated carbocycles. The van der Waals surface area contributed by atoms with E-state index in [0.717, 1.165) is 16.6 Å². The third-order valence-corrected chi connectivity index (χ3v) is 4.19. The molecule has 2 aromatic carbocycles. The number of anilines is 1. The van der Waals surface area contributed by atoms with E-state index in [0.29, 0.717) is 11.3 Å². The third kappa shape index (κ3) is 2.88. The summed E-state index contributed by atoms with van der Waals surface area (Å²) in [4.78, 5) is 23.7. The van der Waals surface area contributed by atoms with Crippen LogP contribution in [-0.4, -0.2) is 20.3 Å². The van der Waals surface area contributed by atoms with Gasteiger partial charge in [-0.3, -0.25) is 9.59 Å². The largest absolute Gasteiger partial charge is 0.322 e. The number of carbonyl (C=O) groups excluding carboxylic acids is 1. The summed E-state index contributed by atoms with van der Waals surface area (Å²) < 4.78 is 3.23. The lowest BCUT2D eigenvalue weighted by Crippen LogP contribution is -2.19. The zero-order chi connectivity index (χ0) is 18.1. The number of hydrogen-bond donors (Lipinski definition) is 1. The number of nitrogens with zero attached hydrogens (tertiary/aromatic N) is 3. The van der Waals surface area contributed by atoms with Crippen LogP contribution in [-0.2, 0) is 7.05 Å². The summed E-state index contributed by atoms with van der Waals surface area (Å²) in [5, 5.41) is 8.32. The van der Waals surface area contributed by atoms with Gasteiger partial charge in [-0.1, -0.05) is 18.2 Å². The van der Waals surface area contributed by atoms with Gasteiger partial charge >= 0.3 is 0 Å². The Hall–Kier alpha value is -3.67. The summed E-state index contributed by atoms with van der Waals surface area (Å²) in [6, 6.07) is 18.3. The number of hydrogen-bond acceptors (Lipinski definition) is 3. The van der Waals surface area contributed by atoms with Gasteiger partial charge in [0.1, 0.15) is 0 Å². The lowest BCUT2D eigenvalue weighted by molar-refractivity contribution is 0.102. The molecule has 128 valence electrons. The molecule has 1 N–H and O–H groups in total. The second-order valence-electron chi connectivity index (χ2n) is 5.98. The maximum Gasteiger partial charge on any atom is 0.257 e. The van der Waals surface area contributed by atoms with Crippen molar-refractivity contribution in [3.63, 3.8) is 0 Å². The molecular weight excluding hydrogens is 328 g/mol. The summed E-state index contributed by atoms with van der Waals surface area (Å²) in [6.07, 6.45) is 3.34. The molecule has 0 saturated heterocycles. The number of para-hydroxylation sites is 1. The Morgan fingerprint density at radius 1 is 1.00 bits per heavy atom. The van der Waals surface area contributed by atoms with Crippen LogP contribution >= 0.6 is 0 Å². The van der Waals surface area contributed by atoms with E-state index < -0.39 is 0 Å². The molecule has 2 heterocycles. The van der Waals surface area contributed by atoms with E-state index in [2.05, 4.69) is 10.4 Å². The molecule has 0 fully saturated rings. The van der Waals surface area contributed by atoms with Crippen molar-refractivity contribution in [2.24, 2.45) is 7.05 Å². The number of benzene rings is 2. The van der Waals surface area contributed by atoms with Crippen LogP contribution in [0.25, 0.3) is 16.6 Å². The number of aromatic nitrogens is 3. The molecule has 0 spiro atoms. The van der Waals surface area contributed by atoms with Gasteiger partial charge in [-0.2, -0.15) is 5.10 Å². The van der Waals surface area contributed by atoms with Gasteiger partial charge in [-0.15, -0.1) is 0 Å². The van der Waals surface area contributed by atoms with Crippen molar-refractivity contribution >= 4 is 22.5 Å². The Kier molecular flexibility index (Phi) is 3.85. The molecular formula is C20H16N4O2. The Labute approximate surface area is 149 Å². The molecule has 0 atom stereocenters. The van der Waals surface area contributed by atoms with Crippen LogP contribution in [0.2, 0.25) is 0 Å². The highest BCUT2D eigenvalue weighted by atomic mass is 16.2. The Morgan fingerprint density at radius 3 is 2.54 bits per heavy atom. The van der Waals surface area contributed by atoms with Crippen LogP contribution in [0.3, 0.4) is 0 Å². The molecule has 4 rings (SSSR count). The van der Waals surface area contributed by atoms with E-state index in [1.165, 1.54) is 22.9 Å². The van der Waals surface area contributed by atoms with E-state index in [1.54, 1.807) is 7.05 Å². The number of carbonyl (C=O) groups is 1. The highest BCUT2D eigenvalue weighted by molar-refractivity contribution is 6.04. The molecule has 2 aromatic heterocycles. The predicted octanol–water partition coefficient (Wildman–Crippen LogP) is 2.98. The fourth-order valence-electron chi connectivity index (χ4n) is 2.79. The van der Waals surface area contributed by atoms with E-state index >= 15 is 0 Å². The van der Waals surface area contributed by atoms with Crippen LogP contribution in [0.5, 0.6) is 0 Å². The average Bonchev–Trinajstić information content (AvgIpc) is 3.09. The molecule has 6 heteroatoms. The van der Waals surface area contributed by atoms with Crippen LogP contribution in [0, 0.1) is 0 Å². The summed E-state index contributed by atoms with van der Waals surface area (Å²) in [6.45, 7) is 0. The summed E-state index contributed by atoms with van der Waals surface area (Å²) >= 11 is 0. The van der Waals surface area contributed by atoms with Crippen molar-refractivity contribution in [2.75, 3.05) is 5.32 Å². The molecule has 0 aliphatic heterocycles. The van der Waals surface area contributed by atoms with Gasteiger partial charge in [0.25, 0.3) is 5.91 Å². The first-order valence-electron chi connectivity index (χ1n) is 8.13. The average molecular weight is 344 g/mol.